The van der Waals surface area contributed by atoms with E-state index in [1.165, 1.54) is 28.6 Å². The van der Waals surface area contributed by atoms with E-state index >= 15 is 0 Å². The molecule has 1 aromatic heterocycles. The average molecular weight is 481 g/mol. The van der Waals surface area contributed by atoms with Gasteiger partial charge in [0.05, 0.1) is 15.9 Å². The van der Waals surface area contributed by atoms with E-state index in [2.05, 4.69) is 15.3 Å². The summed E-state index contributed by atoms with van der Waals surface area (Å²) in [6, 6.07) is 20.3. The second-order valence-corrected chi connectivity index (χ2v) is 10.2. The molecule has 3 aromatic carbocycles. The van der Waals surface area contributed by atoms with E-state index in [0.717, 1.165) is 22.4 Å². The molecule has 4 aromatic rings. The number of aromatic nitrogens is 2. The first-order chi connectivity index (χ1) is 15.9. The number of hydrogen-bond acceptors (Lipinski definition) is 4. The van der Waals surface area contributed by atoms with E-state index < -0.39 is 16.1 Å². The Morgan fingerprint density at radius 3 is 2.48 bits per heavy atom. The lowest BCUT2D eigenvalue weighted by Gasteiger charge is -2.23. The fourth-order valence-electron chi connectivity index (χ4n) is 4.06. The third-order valence-electron chi connectivity index (χ3n) is 5.74. The number of anilines is 1. The largest absolute Gasteiger partial charge is 0.338 e. The van der Waals surface area contributed by atoms with Crippen LogP contribution in [-0.4, -0.2) is 41.2 Å². The molecule has 1 atom stereocenters. The number of carbonyl (C=O) groups excluding carboxylic acids is 1. The molecule has 0 radical (unpaired) electrons. The number of hydrogen-bond donors (Lipinski definition) is 2. The van der Waals surface area contributed by atoms with Crippen LogP contribution < -0.4 is 5.32 Å². The van der Waals surface area contributed by atoms with Crippen LogP contribution in [0.15, 0.2) is 77.7 Å². The van der Waals surface area contributed by atoms with Crippen LogP contribution in [0.3, 0.4) is 0 Å². The lowest BCUT2D eigenvalue weighted by atomic mass is 10.1. The van der Waals surface area contributed by atoms with Gasteiger partial charge in [-0.1, -0.05) is 23.7 Å². The molecule has 2 heterocycles. The highest BCUT2D eigenvalue weighted by Crippen LogP contribution is 2.28. The van der Waals surface area contributed by atoms with Crippen LogP contribution in [0.4, 0.5) is 5.69 Å². The minimum Gasteiger partial charge on any atom is -0.338 e. The summed E-state index contributed by atoms with van der Waals surface area (Å²) in [4.78, 5) is 21.0. The molecule has 168 valence electrons. The molecule has 0 aliphatic carbocycles. The first-order valence-electron chi connectivity index (χ1n) is 10.6. The number of fused-ring (bicyclic) bond motifs is 1. The summed E-state index contributed by atoms with van der Waals surface area (Å²) in [7, 11) is -3.80. The molecule has 1 fully saturated rings. The van der Waals surface area contributed by atoms with Crippen LogP contribution in [0.1, 0.15) is 12.8 Å². The Balaban J connectivity index is 1.32. The summed E-state index contributed by atoms with van der Waals surface area (Å²) in [6.07, 6.45) is 1.09. The zero-order chi connectivity index (χ0) is 23.0. The predicted molar refractivity (Wildman–Crippen MR) is 129 cm³/mol. The summed E-state index contributed by atoms with van der Waals surface area (Å²) in [5, 5.41) is 3.31. The zero-order valence-corrected chi connectivity index (χ0v) is 19.1. The van der Waals surface area contributed by atoms with Gasteiger partial charge in [-0.2, -0.15) is 4.31 Å². The number of amides is 1. The Bertz CT molecular complexity index is 1380. The Kier molecular flexibility index (Phi) is 5.65. The van der Waals surface area contributed by atoms with Crippen molar-refractivity contribution in [3.05, 3.63) is 77.8 Å². The lowest BCUT2D eigenvalue weighted by molar-refractivity contribution is -0.119. The second kappa shape index (κ2) is 8.62. The minimum atomic E-state index is -3.80. The molecule has 0 spiro atoms. The summed E-state index contributed by atoms with van der Waals surface area (Å²) >= 11 is 5.88. The molecular weight excluding hydrogens is 460 g/mol. The van der Waals surface area contributed by atoms with Gasteiger partial charge < -0.3 is 10.3 Å². The molecule has 7 nitrogen and oxygen atoms in total. The van der Waals surface area contributed by atoms with Crippen molar-refractivity contribution in [3.8, 4) is 11.4 Å². The van der Waals surface area contributed by atoms with Crippen molar-refractivity contribution >= 4 is 44.3 Å². The van der Waals surface area contributed by atoms with E-state index in [-0.39, 0.29) is 10.8 Å². The molecule has 2 N–H and O–H groups in total. The highest BCUT2D eigenvalue weighted by Gasteiger charge is 2.39. The summed E-state index contributed by atoms with van der Waals surface area (Å²) in [6.45, 7) is 0.300. The number of imidazole rings is 1. The number of nitrogens with one attached hydrogen (secondary N) is 2. The number of rotatable bonds is 5. The van der Waals surface area contributed by atoms with Crippen molar-refractivity contribution in [2.75, 3.05) is 11.9 Å². The molecule has 1 amide bonds. The first kappa shape index (κ1) is 21.6. The Hall–Kier alpha value is -3.20. The quantitative estimate of drug-likeness (QED) is 0.433. The van der Waals surface area contributed by atoms with Crippen LogP contribution in [0.25, 0.3) is 22.4 Å². The van der Waals surface area contributed by atoms with Crippen LogP contribution >= 0.6 is 11.6 Å². The lowest BCUT2D eigenvalue weighted by Crippen LogP contribution is -2.43. The van der Waals surface area contributed by atoms with Crippen LogP contribution in [-0.2, 0) is 14.8 Å². The maximum absolute atomic E-state index is 13.1. The van der Waals surface area contributed by atoms with E-state index in [9.17, 15) is 13.2 Å². The second-order valence-electron chi connectivity index (χ2n) is 7.90. The number of H-pyrrole nitrogens is 1. The maximum Gasteiger partial charge on any atom is 0.243 e. The monoisotopic (exact) mass is 480 g/mol. The molecule has 0 bridgehead atoms. The van der Waals surface area contributed by atoms with Crippen LogP contribution in [0, 0.1) is 0 Å². The molecule has 1 aliphatic heterocycles. The Morgan fingerprint density at radius 2 is 1.76 bits per heavy atom. The van der Waals surface area contributed by atoms with Gasteiger partial charge in [0.25, 0.3) is 0 Å². The van der Waals surface area contributed by atoms with Gasteiger partial charge in [-0.25, -0.2) is 13.4 Å². The van der Waals surface area contributed by atoms with E-state index in [1.807, 2.05) is 36.4 Å². The minimum absolute atomic E-state index is 0.127. The number of nitrogens with zero attached hydrogens (tertiary/aromatic N) is 2. The van der Waals surface area contributed by atoms with E-state index in [0.29, 0.717) is 30.1 Å². The van der Waals surface area contributed by atoms with Crippen molar-refractivity contribution in [2.45, 2.75) is 23.8 Å². The van der Waals surface area contributed by atoms with E-state index in [1.54, 1.807) is 12.1 Å². The number of sulfonamides is 1. The average Bonchev–Trinajstić information content (AvgIpc) is 3.48. The first-order valence-corrected chi connectivity index (χ1v) is 12.4. The Labute approximate surface area is 196 Å². The summed E-state index contributed by atoms with van der Waals surface area (Å²) in [5.41, 5.74) is 3.31. The van der Waals surface area contributed by atoms with E-state index in [4.69, 9.17) is 11.6 Å². The van der Waals surface area contributed by atoms with Crippen molar-refractivity contribution in [1.29, 1.82) is 0 Å². The van der Waals surface area contributed by atoms with Gasteiger partial charge in [0, 0.05) is 22.8 Å². The van der Waals surface area contributed by atoms with Gasteiger partial charge in [-0.3, -0.25) is 4.79 Å². The highest BCUT2D eigenvalue weighted by molar-refractivity contribution is 7.89. The molecule has 1 unspecified atom stereocenters. The van der Waals surface area contributed by atoms with Crippen molar-refractivity contribution in [2.24, 2.45) is 0 Å². The molecule has 0 saturated carbocycles. The molecule has 33 heavy (non-hydrogen) atoms. The predicted octanol–water partition coefficient (Wildman–Crippen LogP) is 4.68. The molecule has 1 saturated heterocycles. The van der Waals surface area contributed by atoms with Gasteiger partial charge >= 0.3 is 0 Å². The van der Waals surface area contributed by atoms with Crippen LogP contribution in [0.2, 0.25) is 5.02 Å². The topological polar surface area (TPSA) is 95.2 Å². The van der Waals surface area contributed by atoms with Gasteiger partial charge in [-0.15, -0.1) is 0 Å². The number of para-hydroxylation sites is 2. The maximum atomic E-state index is 13.1. The van der Waals surface area contributed by atoms with Gasteiger partial charge in [0.2, 0.25) is 15.9 Å². The van der Waals surface area contributed by atoms with Gasteiger partial charge in [0.15, 0.2) is 0 Å². The normalized spacial score (nSPS) is 16.8. The number of aromatic amines is 1. The third-order valence-corrected chi connectivity index (χ3v) is 7.92. The molecule has 5 rings (SSSR count). The third kappa shape index (κ3) is 4.25. The number of carbonyl (C=O) groups is 1. The SMILES string of the molecule is O=C(Nc1ccc(-c2nc3ccccc3[nH]2)cc1)C1CCCN1S(=O)(=O)c1ccc(Cl)cc1. The number of halogens is 1. The van der Waals surface area contributed by atoms with Gasteiger partial charge in [-0.05, 0) is 73.5 Å². The standard InChI is InChI=1S/C24H21ClN4O3S/c25-17-9-13-19(14-10-17)33(31,32)29-15-3-6-22(29)24(30)26-18-11-7-16(8-12-18)23-27-20-4-1-2-5-21(20)28-23/h1-2,4-5,7-14,22H,3,6,15H2,(H,26,30)(H,27,28). The molecule has 9 heteroatoms. The summed E-state index contributed by atoms with van der Waals surface area (Å²) < 4.78 is 27.4. The fourth-order valence-corrected chi connectivity index (χ4v) is 5.84. The van der Waals surface area contributed by atoms with Gasteiger partial charge in [0.1, 0.15) is 11.9 Å². The smallest absolute Gasteiger partial charge is 0.243 e. The van der Waals surface area contributed by atoms with Crippen molar-refractivity contribution < 1.29 is 13.2 Å². The van der Waals surface area contributed by atoms with Crippen molar-refractivity contribution in [1.82, 2.24) is 14.3 Å². The van der Waals surface area contributed by atoms with Crippen LogP contribution in [0.5, 0.6) is 0 Å². The molecule has 1 aliphatic rings. The fraction of sp³-hybridized carbons (Fsp3) is 0.167. The Morgan fingerprint density at radius 1 is 1.03 bits per heavy atom. The number of benzene rings is 3. The summed E-state index contributed by atoms with van der Waals surface area (Å²) in [5.74, 6) is 0.395. The zero-order valence-electron chi connectivity index (χ0n) is 17.5. The van der Waals surface area contributed by atoms with Crippen molar-refractivity contribution in [3.63, 3.8) is 0 Å². The molecular formula is C24H21ClN4O3S. The highest BCUT2D eigenvalue weighted by atomic mass is 35.5.